The predicted molar refractivity (Wildman–Crippen MR) is 82.9 cm³/mol. The maximum atomic E-state index is 5.44. The van der Waals surface area contributed by atoms with Crippen LogP contribution in [0.25, 0.3) is 0 Å². The van der Waals surface area contributed by atoms with Gasteiger partial charge >= 0.3 is 0 Å². The smallest absolute Gasteiger partial charge is 0.0476 e. The second kappa shape index (κ2) is 7.93. The molecule has 106 valence electrons. The molecule has 1 aromatic rings. The van der Waals surface area contributed by atoms with Gasteiger partial charge in [-0.1, -0.05) is 24.6 Å². The quantitative estimate of drug-likeness (QED) is 0.801. The lowest BCUT2D eigenvalue weighted by Gasteiger charge is -2.23. The summed E-state index contributed by atoms with van der Waals surface area (Å²) in [5.74, 6) is 0. The number of hydrogen-bond acceptors (Lipinski definition) is 3. The average molecular weight is 279 g/mol. The number of benzene rings is 1. The van der Waals surface area contributed by atoms with Gasteiger partial charge in [-0.3, -0.25) is 0 Å². The first kappa shape index (κ1) is 14.9. The first-order chi connectivity index (χ1) is 9.29. The van der Waals surface area contributed by atoms with Crippen molar-refractivity contribution >= 4 is 11.8 Å². The number of aryl methyl sites for hydroxylation is 1. The predicted octanol–water partition coefficient (Wildman–Crippen LogP) is 3.77. The van der Waals surface area contributed by atoms with Gasteiger partial charge in [0.2, 0.25) is 0 Å². The summed E-state index contributed by atoms with van der Waals surface area (Å²) < 4.78 is 5.44. The van der Waals surface area contributed by atoms with Crippen molar-refractivity contribution in [1.82, 2.24) is 5.32 Å². The molecule has 3 heteroatoms. The molecule has 0 spiro atoms. The van der Waals surface area contributed by atoms with Crippen molar-refractivity contribution in [2.45, 2.75) is 49.8 Å². The Morgan fingerprint density at radius 2 is 2.11 bits per heavy atom. The highest BCUT2D eigenvalue weighted by Crippen LogP contribution is 2.32. The van der Waals surface area contributed by atoms with Gasteiger partial charge < -0.3 is 10.1 Å². The first-order valence-corrected chi connectivity index (χ1v) is 8.22. The highest BCUT2D eigenvalue weighted by molar-refractivity contribution is 8.00. The first-order valence-electron chi connectivity index (χ1n) is 7.34. The fourth-order valence-electron chi connectivity index (χ4n) is 2.33. The lowest BCUT2D eigenvalue weighted by atomic mass is 10.1. The molecule has 1 saturated heterocycles. The lowest BCUT2D eigenvalue weighted by molar-refractivity contribution is 0.1000. The normalized spacial score (nSPS) is 16.7. The van der Waals surface area contributed by atoms with Gasteiger partial charge in [0.15, 0.2) is 0 Å². The van der Waals surface area contributed by atoms with E-state index >= 15 is 0 Å². The van der Waals surface area contributed by atoms with Crippen molar-refractivity contribution in [1.29, 1.82) is 0 Å². The lowest BCUT2D eigenvalue weighted by Crippen LogP contribution is -2.18. The van der Waals surface area contributed by atoms with E-state index in [9.17, 15) is 0 Å². The molecule has 0 saturated carbocycles. The second-order valence-electron chi connectivity index (χ2n) is 5.22. The monoisotopic (exact) mass is 279 g/mol. The van der Waals surface area contributed by atoms with E-state index in [1.54, 1.807) is 0 Å². The summed E-state index contributed by atoms with van der Waals surface area (Å²) in [5, 5.41) is 4.24. The standard InChI is InChI=1S/C16H25NOS/c1-3-8-17-12-14-11-13(2)4-5-16(14)19-15-6-9-18-10-7-15/h4-5,11,15,17H,3,6-10,12H2,1-2H3. The average Bonchev–Trinajstić information content (AvgIpc) is 2.43. The molecule has 1 aromatic carbocycles. The van der Waals surface area contributed by atoms with Gasteiger partial charge in [0.05, 0.1) is 0 Å². The van der Waals surface area contributed by atoms with Crippen LogP contribution in [0.4, 0.5) is 0 Å². The minimum Gasteiger partial charge on any atom is -0.381 e. The van der Waals surface area contributed by atoms with Crippen molar-refractivity contribution in [3.05, 3.63) is 29.3 Å². The molecule has 19 heavy (non-hydrogen) atoms. The molecule has 2 nitrogen and oxygen atoms in total. The number of nitrogens with one attached hydrogen (secondary N) is 1. The number of thioether (sulfide) groups is 1. The van der Waals surface area contributed by atoms with Gasteiger partial charge in [0, 0.05) is 29.9 Å². The third-order valence-corrected chi connectivity index (χ3v) is 4.88. The zero-order valence-corrected chi connectivity index (χ0v) is 12.9. The summed E-state index contributed by atoms with van der Waals surface area (Å²) >= 11 is 2.04. The Morgan fingerprint density at radius 3 is 2.84 bits per heavy atom. The third kappa shape index (κ3) is 4.83. The highest BCUT2D eigenvalue weighted by Gasteiger charge is 2.16. The Kier molecular flexibility index (Phi) is 6.21. The van der Waals surface area contributed by atoms with Gasteiger partial charge in [-0.25, -0.2) is 0 Å². The van der Waals surface area contributed by atoms with Gasteiger partial charge in [0.1, 0.15) is 0 Å². The van der Waals surface area contributed by atoms with E-state index in [0.717, 1.165) is 31.6 Å². The molecule has 0 radical (unpaired) electrons. The molecular formula is C16H25NOS. The van der Waals surface area contributed by atoms with Crippen LogP contribution in [-0.4, -0.2) is 25.0 Å². The van der Waals surface area contributed by atoms with E-state index in [0.29, 0.717) is 0 Å². The summed E-state index contributed by atoms with van der Waals surface area (Å²) in [6, 6.07) is 6.84. The Hall–Kier alpha value is -0.510. The molecule has 1 aliphatic heterocycles. The Balaban J connectivity index is 2.00. The van der Waals surface area contributed by atoms with E-state index in [1.807, 2.05) is 11.8 Å². The minimum absolute atomic E-state index is 0.724. The number of hydrogen-bond donors (Lipinski definition) is 1. The fraction of sp³-hybridized carbons (Fsp3) is 0.625. The summed E-state index contributed by atoms with van der Waals surface area (Å²) in [6.07, 6.45) is 3.55. The van der Waals surface area contributed by atoms with Gasteiger partial charge in [-0.2, -0.15) is 0 Å². The van der Waals surface area contributed by atoms with Gasteiger partial charge in [-0.15, -0.1) is 11.8 Å². The van der Waals surface area contributed by atoms with Crippen LogP contribution in [0, 0.1) is 6.92 Å². The molecule has 0 aromatic heterocycles. The molecule has 1 aliphatic rings. The third-order valence-electron chi connectivity index (χ3n) is 3.42. The topological polar surface area (TPSA) is 21.3 Å². The maximum absolute atomic E-state index is 5.44. The minimum atomic E-state index is 0.724. The summed E-state index contributed by atoms with van der Waals surface area (Å²) in [6.45, 7) is 8.31. The van der Waals surface area contributed by atoms with Crippen LogP contribution in [0.1, 0.15) is 37.3 Å². The van der Waals surface area contributed by atoms with E-state index < -0.39 is 0 Å². The number of rotatable bonds is 6. The largest absolute Gasteiger partial charge is 0.381 e. The Labute approximate surface area is 121 Å². The molecule has 0 atom stereocenters. The van der Waals surface area contributed by atoms with Crippen LogP contribution in [0.15, 0.2) is 23.1 Å². The van der Waals surface area contributed by atoms with Crippen LogP contribution in [-0.2, 0) is 11.3 Å². The molecular weight excluding hydrogens is 254 g/mol. The van der Waals surface area contributed by atoms with Gasteiger partial charge in [-0.05, 0) is 44.4 Å². The van der Waals surface area contributed by atoms with Crippen LogP contribution in [0.3, 0.4) is 0 Å². The van der Waals surface area contributed by atoms with Crippen LogP contribution in [0.5, 0.6) is 0 Å². The van der Waals surface area contributed by atoms with Crippen molar-refractivity contribution in [2.24, 2.45) is 0 Å². The maximum Gasteiger partial charge on any atom is 0.0476 e. The Bertz CT molecular complexity index is 388. The fourth-order valence-corrected chi connectivity index (χ4v) is 3.55. The molecule has 0 unspecified atom stereocenters. The highest BCUT2D eigenvalue weighted by atomic mass is 32.2. The van der Waals surface area contributed by atoms with Gasteiger partial charge in [0.25, 0.3) is 0 Å². The van der Waals surface area contributed by atoms with Crippen molar-refractivity contribution < 1.29 is 4.74 Å². The summed E-state index contributed by atoms with van der Waals surface area (Å²) in [7, 11) is 0. The van der Waals surface area contributed by atoms with Crippen molar-refractivity contribution in [3.63, 3.8) is 0 Å². The van der Waals surface area contributed by atoms with E-state index in [2.05, 4.69) is 37.4 Å². The van der Waals surface area contributed by atoms with E-state index in [4.69, 9.17) is 4.74 Å². The number of ether oxygens (including phenoxy) is 1. The van der Waals surface area contributed by atoms with Crippen LogP contribution < -0.4 is 5.32 Å². The van der Waals surface area contributed by atoms with Crippen molar-refractivity contribution in [2.75, 3.05) is 19.8 Å². The van der Waals surface area contributed by atoms with Crippen LogP contribution in [0.2, 0.25) is 0 Å². The molecule has 1 heterocycles. The SMILES string of the molecule is CCCNCc1cc(C)ccc1SC1CCOCC1. The molecule has 0 amide bonds. The molecule has 0 aliphatic carbocycles. The Morgan fingerprint density at radius 1 is 1.32 bits per heavy atom. The van der Waals surface area contributed by atoms with Crippen molar-refractivity contribution in [3.8, 4) is 0 Å². The van der Waals surface area contributed by atoms with Crippen LogP contribution >= 0.6 is 11.8 Å². The summed E-state index contributed by atoms with van der Waals surface area (Å²) in [4.78, 5) is 1.45. The zero-order chi connectivity index (χ0) is 13.5. The van der Waals surface area contributed by atoms with E-state index in [-0.39, 0.29) is 0 Å². The summed E-state index contributed by atoms with van der Waals surface area (Å²) in [5.41, 5.74) is 2.80. The molecule has 0 bridgehead atoms. The zero-order valence-electron chi connectivity index (χ0n) is 12.1. The molecule has 2 rings (SSSR count). The second-order valence-corrected chi connectivity index (χ2v) is 6.56. The molecule has 1 fully saturated rings. The van der Waals surface area contributed by atoms with E-state index in [1.165, 1.54) is 35.3 Å². The molecule has 1 N–H and O–H groups in total.